The molecule has 0 bridgehead atoms. The minimum absolute atomic E-state index is 0.197. The van der Waals surface area contributed by atoms with Gasteiger partial charge in [-0.15, -0.1) is 0 Å². The molecule has 2 atom stereocenters. The molecule has 1 aromatic carbocycles. The fraction of sp³-hybridized carbons (Fsp3) is 0.522. The van der Waals surface area contributed by atoms with Crippen molar-refractivity contribution in [1.82, 2.24) is 14.1 Å². The van der Waals surface area contributed by atoms with Gasteiger partial charge in [-0.3, -0.25) is 19.3 Å². The lowest BCUT2D eigenvalue weighted by Crippen LogP contribution is -2.53. The molecule has 2 aliphatic heterocycles. The maximum atomic E-state index is 13.1. The molecule has 1 aromatic rings. The van der Waals surface area contributed by atoms with Crippen molar-refractivity contribution in [2.75, 3.05) is 32.7 Å². The first-order valence-electron chi connectivity index (χ1n) is 11.3. The summed E-state index contributed by atoms with van der Waals surface area (Å²) in [7, 11) is -3.62. The first-order valence-corrected chi connectivity index (χ1v) is 12.7. The van der Waals surface area contributed by atoms with Crippen molar-refractivity contribution in [3.05, 3.63) is 41.5 Å². The van der Waals surface area contributed by atoms with Gasteiger partial charge in [0.2, 0.25) is 27.7 Å². The number of aryl methyl sites for hydroxylation is 2. The summed E-state index contributed by atoms with van der Waals surface area (Å²) < 4.78 is 27.6. The summed E-state index contributed by atoms with van der Waals surface area (Å²) in [6.45, 7) is 0.619. The van der Waals surface area contributed by atoms with Crippen LogP contribution in [-0.4, -0.2) is 73.0 Å². The summed E-state index contributed by atoms with van der Waals surface area (Å²) in [5, 5.41) is 0. The average molecular weight is 458 g/mol. The standard InChI is InChI=1S/C23H27N3O5S/c27-21(15-26-22(28)19-6-1-2-7-20(19)23(26)29)24-10-12-25(13-11-24)32(30,31)18-9-8-16-4-3-5-17(16)14-18/h1-2,8-9,14,19-20H,3-7,10-13,15H2/t19-,20+. The molecule has 2 saturated heterocycles. The van der Waals surface area contributed by atoms with E-state index in [2.05, 4.69) is 0 Å². The van der Waals surface area contributed by atoms with Crippen molar-refractivity contribution in [3.63, 3.8) is 0 Å². The molecular weight excluding hydrogens is 430 g/mol. The summed E-state index contributed by atoms with van der Waals surface area (Å²) in [5.41, 5.74) is 2.33. The lowest BCUT2D eigenvalue weighted by molar-refractivity contribution is -0.147. The fourth-order valence-electron chi connectivity index (χ4n) is 5.30. The third-order valence-electron chi connectivity index (χ3n) is 7.19. The highest BCUT2D eigenvalue weighted by molar-refractivity contribution is 7.89. The molecule has 0 saturated carbocycles. The first kappa shape index (κ1) is 21.3. The normalized spacial score (nSPS) is 25.9. The van der Waals surface area contributed by atoms with E-state index >= 15 is 0 Å². The Bertz CT molecular complexity index is 1080. The van der Waals surface area contributed by atoms with Crippen molar-refractivity contribution >= 4 is 27.7 Å². The zero-order valence-corrected chi connectivity index (χ0v) is 18.7. The van der Waals surface area contributed by atoms with Crippen molar-refractivity contribution in [2.24, 2.45) is 11.8 Å². The van der Waals surface area contributed by atoms with Gasteiger partial charge < -0.3 is 4.90 Å². The summed E-state index contributed by atoms with van der Waals surface area (Å²) in [4.78, 5) is 41.0. The topological polar surface area (TPSA) is 95.1 Å². The van der Waals surface area contributed by atoms with E-state index in [1.807, 2.05) is 18.2 Å². The molecule has 2 heterocycles. The van der Waals surface area contributed by atoms with Crippen LogP contribution in [0.3, 0.4) is 0 Å². The summed E-state index contributed by atoms with van der Waals surface area (Å²) in [5.74, 6) is -1.55. The molecule has 4 aliphatic rings. The monoisotopic (exact) mass is 457 g/mol. The Morgan fingerprint density at radius 2 is 1.53 bits per heavy atom. The van der Waals surface area contributed by atoms with Gasteiger partial charge in [0.15, 0.2) is 0 Å². The van der Waals surface area contributed by atoms with Crippen LogP contribution in [0.1, 0.15) is 30.4 Å². The number of allylic oxidation sites excluding steroid dienone is 2. The number of likely N-dealkylation sites (tertiary alicyclic amines) is 1. The Morgan fingerprint density at radius 3 is 2.19 bits per heavy atom. The van der Waals surface area contributed by atoms with Gasteiger partial charge in [-0.25, -0.2) is 8.42 Å². The van der Waals surface area contributed by atoms with E-state index in [0.29, 0.717) is 17.7 Å². The Balaban J connectivity index is 1.21. The summed E-state index contributed by atoms with van der Waals surface area (Å²) >= 11 is 0. The second-order valence-corrected chi connectivity index (χ2v) is 10.9. The number of rotatable bonds is 4. The van der Waals surface area contributed by atoms with E-state index in [4.69, 9.17) is 0 Å². The zero-order valence-electron chi connectivity index (χ0n) is 17.9. The van der Waals surface area contributed by atoms with Crippen molar-refractivity contribution < 1.29 is 22.8 Å². The van der Waals surface area contributed by atoms with Crippen molar-refractivity contribution in [2.45, 2.75) is 37.0 Å². The number of nitrogens with zero attached hydrogens (tertiary/aromatic N) is 3. The van der Waals surface area contributed by atoms with E-state index in [9.17, 15) is 22.8 Å². The maximum absolute atomic E-state index is 13.1. The third-order valence-corrected chi connectivity index (χ3v) is 9.09. The van der Waals surface area contributed by atoms with Crippen LogP contribution in [0.25, 0.3) is 0 Å². The number of fused-ring (bicyclic) bond motifs is 2. The number of piperazine rings is 1. The van der Waals surface area contributed by atoms with Crippen LogP contribution in [0, 0.1) is 11.8 Å². The second-order valence-electron chi connectivity index (χ2n) is 8.99. The van der Waals surface area contributed by atoms with Crippen LogP contribution < -0.4 is 0 Å². The van der Waals surface area contributed by atoms with E-state index in [1.54, 1.807) is 17.0 Å². The molecule has 9 heteroatoms. The SMILES string of the molecule is O=C(CN1C(=O)[C@H]2CC=CC[C@H]2C1=O)N1CCN(S(=O)(=O)c2ccc3c(c2)CCC3)CC1. The van der Waals surface area contributed by atoms with Gasteiger partial charge in [0.1, 0.15) is 6.54 Å². The van der Waals surface area contributed by atoms with Gasteiger partial charge in [0.25, 0.3) is 0 Å². The van der Waals surface area contributed by atoms with Gasteiger partial charge in [0, 0.05) is 26.2 Å². The molecule has 3 amide bonds. The largest absolute Gasteiger partial charge is 0.338 e. The Labute approximate surface area is 187 Å². The third kappa shape index (κ3) is 3.57. The average Bonchev–Trinajstić information content (AvgIpc) is 3.38. The first-order chi connectivity index (χ1) is 15.4. The van der Waals surface area contributed by atoms with Gasteiger partial charge in [0.05, 0.1) is 16.7 Å². The number of sulfonamides is 1. The van der Waals surface area contributed by atoms with Crippen LogP contribution in [0.4, 0.5) is 0 Å². The number of amides is 3. The molecule has 0 spiro atoms. The molecule has 0 radical (unpaired) electrons. The predicted octanol–water partition coefficient (Wildman–Crippen LogP) is 0.959. The van der Waals surface area contributed by atoms with Gasteiger partial charge in [-0.05, 0) is 55.4 Å². The Morgan fingerprint density at radius 1 is 0.906 bits per heavy atom. The highest BCUT2D eigenvalue weighted by Gasteiger charge is 2.48. The molecule has 2 fully saturated rings. The lowest BCUT2D eigenvalue weighted by atomic mass is 9.85. The molecule has 170 valence electrons. The second kappa shape index (κ2) is 8.12. The molecular formula is C23H27N3O5S. The quantitative estimate of drug-likeness (QED) is 0.496. The summed E-state index contributed by atoms with van der Waals surface area (Å²) in [6.07, 6.45) is 7.87. The van der Waals surface area contributed by atoms with Crippen molar-refractivity contribution in [3.8, 4) is 0 Å². The smallest absolute Gasteiger partial charge is 0.243 e. The van der Waals surface area contributed by atoms with E-state index < -0.39 is 10.0 Å². The van der Waals surface area contributed by atoms with E-state index in [0.717, 1.165) is 29.7 Å². The van der Waals surface area contributed by atoms with E-state index in [1.165, 1.54) is 9.87 Å². The fourth-order valence-corrected chi connectivity index (χ4v) is 6.77. The molecule has 0 aromatic heterocycles. The maximum Gasteiger partial charge on any atom is 0.243 e. The zero-order chi connectivity index (χ0) is 22.5. The number of benzene rings is 1. The number of hydrogen-bond donors (Lipinski definition) is 0. The highest BCUT2D eigenvalue weighted by atomic mass is 32.2. The number of carbonyl (C=O) groups is 3. The lowest BCUT2D eigenvalue weighted by Gasteiger charge is -2.34. The Kier molecular flexibility index (Phi) is 5.41. The predicted molar refractivity (Wildman–Crippen MR) is 116 cm³/mol. The summed E-state index contributed by atoms with van der Waals surface area (Å²) in [6, 6.07) is 5.37. The molecule has 32 heavy (non-hydrogen) atoms. The van der Waals surface area contributed by atoms with Gasteiger partial charge >= 0.3 is 0 Å². The Hall–Kier alpha value is -2.52. The minimum atomic E-state index is -3.62. The number of hydrogen-bond acceptors (Lipinski definition) is 5. The van der Waals surface area contributed by atoms with Crippen LogP contribution >= 0.6 is 0 Å². The van der Waals surface area contributed by atoms with Crippen LogP contribution in [0.2, 0.25) is 0 Å². The van der Waals surface area contributed by atoms with Gasteiger partial charge in [-0.2, -0.15) is 4.31 Å². The highest BCUT2D eigenvalue weighted by Crippen LogP contribution is 2.35. The molecule has 5 rings (SSSR count). The molecule has 0 unspecified atom stereocenters. The molecule has 8 nitrogen and oxygen atoms in total. The number of carbonyl (C=O) groups excluding carboxylic acids is 3. The van der Waals surface area contributed by atoms with E-state index in [-0.39, 0.29) is 62.3 Å². The van der Waals surface area contributed by atoms with Crippen molar-refractivity contribution in [1.29, 1.82) is 0 Å². The molecule has 2 aliphatic carbocycles. The van der Waals surface area contributed by atoms with Gasteiger partial charge in [-0.1, -0.05) is 18.2 Å². The number of imide groups is 1. The minimum Gasteiger partial charge on any atom is -0.338 e. The van der Waals surface area contributed by atoms with Crippen LogP contribution in [-0.2, 0) is 37.2 Å². The van der Waals surface area contributed by atoms with Crippen LogP contribution in [0.5, 0.6) is 0 Å². The molecule has 0 N–H and O–H groups in total. The van der Waals surface area contributed by atoms with Crippen LogP contribution in [0.15, 0.2) is 35.2 Å².